The van der Waals surface area contributed by atoms with E-state index in [2.05, 4.69) is 20.7 Å². The molecule has 0 aromatic heterocycles. The average molecular weight is 306 g/mol. The molecule has 0 radical (unpaired) electrons. The quantitative estimate of drug-likeness (QED) is 0.723. The number of sulfonamides is 1. The van der Waals surface area contributed by atoms with Crippen molar-refractivity contribution >= 4 is 35.8 Å². The third kappa shape index (κ3) is 3.84. The molecule has 0 aliphatic carbocycles. The van der Waals surface area contributed by atoms with Crippen LogP contribution in [0.3, 0.4) is 0 Å². The topological polar surface area (TPSA) is 80.3 Å². The zero-order chi connectivity index (χ0) is 10.8. The number of alkyl halides is 1. The van der Waals surface area contributed by atoms with Crippen molar-refractivity contribution in [2.24, 2.45) is 5.92 Å². The van der Waals surface area contributed by atoms with Gasteiger partial charge >= 0.3 is 0 Å². The first kappa shape index (κ1) is 12.4. The van der Waals surface area contributed by atoms with Gasteiger partial charge in [-0.3, -0.25) is 0 Å². The molecule has 0 saturated carbocycles. The van der Waals surface area contributed by atoms with Crippen molar-refractivity contribution < 1.29 is 16.8 Å². The summed E-state index contributed by atoms with van der Waals surface area (Å²) >= 11 is 2.83. The molecule has 1 N–H and O–H groups in total. The Morgan fingerprint density at radius 1 is 1.43 bits per heavy atom. The third-order valence-electron chi connectivity index (χ3n) is 2.06. The maximum absolute atomic E-state index is 11.0. The van der Waals surface area contributed by atoms with Crippen LogP contribution in [0.2, 0.25) is 0 Å². The van der Waals surface area contributed by atoms with Gasteiger partial charge in [-0.05, 0) is 12.3 Å². The molecule has 0 amide bonds. The molecule has 1 fully saturated rings. The lowest BCUT2D eigenvalue weighted by Crippen LogP contribution is -2.30. The summed E-state index contributed by atoms with van der Waals surface area (Å²) in [6.07, 6.45) is 0.549. The monoisotopic (exact) mass is 305 g/mol. The molecule has 1 atom stereocenters. The standard InChI is InChI=1S/C6H12BrNO4S2/c7-5-14(11,12)8-3-6-1-2-13(9,10)4-6/h6,8H,1-5H2. The van der Waals surface area contributed by atoms with Crippen LogP contribution in [0.4, 0.5) is 0 Å². The highest BCUT2D eigenvalue weighted by molar-refractivity contribution is 9.10. The van der Waals surface area contributed by atoms with Gasteiger partial charge in [0.05, 0.1) is 11.5 Å². The molecule has 1 aliphatic heterocycles. The van der Waals surface area contributed by atoms with Crippen molar-refractivity contribution in [2.75, 3.05) is 22.7 Å². The van der Waals surface area contributed by atoms with Crippen molar-refractivity contribution in [3.8, 4) is 0 Å². The lowest BCUT2D eigenvalue weighted by molar-refractivity contribution is 0.546. The summed E-state index contributed by atoms with van der Waals surface area (Å²) in [6.45, 7) is 0.215. The van der Waals surface area contributed by atoms with E-state index in [0.717, 1.165) is 0 Å². The molecular weight excluding hydrogens is 294 g/mol. The SMILES string of the molecule is O=S1(=O)CCC(CNS(=O)(=O)CBr)C1. The van der Waals surface area contributed by atoms with E-state index in [1.54, 1.807) is 0 Å². The maximum atomic E-state index is 11.0. The molecule has 1 unspecified atom stereocenters. The van der Waals surface area contributed by atoms with Gasteiger partial charge in [0.15, 0.2) is 9.84 Å². The first-order valence-corrected chi connectivity index (χ1v) is 8.68. The van der Waals surface area contributed by atoms with Crippen LogP contribution in [0.15, 0.2) is 0 Å². The highest BCUT2D eigenvalue weighted by Gasteiger charge is 2.28. The summed E-state index contributed by atoms with van der Waals surface area (Å²) in [4.78, 5) is 0. The lowest BCUT2D eigenvalue weighted by Gasteiger charge is -2.08. The van der Waals surface area contributed by atoms with Gasteiger partial charge < -0.3 is 0 Å². The molecule has 1 saturated heterocycles. The van der Waals surface area contributed by atoms with Crippen molar-refractivity contribution in [1.82, 2.24) is 4.72 Å². The van der Waals surface area contributed by atoms with Gasteiger partial charge in [0.2, 0.25) is 10.0 Å². The fourth-order valence-electron chi connectivity index (χ4n) is 1.32. The van der Waals surface area contributed by atoms with Crippen LogP contribution >= 0.6 is 15.9 Å². The molecule has 1 aliphatic rings. The average Bonchev–Trinajstić information content (AvgIpc) is 2.43. The van der Waals surface area contributed by atoms with E-state index in [9.17, 15) is 16.8 Å². The molecule has 1 heterocycles. The number of hydrogen-bond donors (Lipinski definition) is 1. The molecule has 0 aromatic carbocycles. The molecule has 0 spiro atoms. The summed E-state index contributed by atoms with van der Waals surface area (Å²) in [7, 11) is -6.19. The summed E-state index contributed by atoms with van der Waals surface area (Å²) in [6, 6.07) is 0. The minimum absolute atomic E-state index is 0.0752. The van der Waals surface area contributed by atoms with Crippen LogP contribution in [0.1, 0.15) is 6.42 Å². The van der Waals surface area contributed by atoms with Crippen molar-refractivity contribution in [3.63, 3.8) is 0 Å². The third-order valence-corrected chi connectivity index (χ3v) is 6.60. The Morgan fingerprint density at radius 3 is 2.50 bits per heavy atom. The van der Waals surface area contributed by atoms with Gasteiger partial charge in [0.1, 0.15) is 4.66 Å². The van der Waals surface area contributed by atoms with Crippen LogP contribution in [0, 0.1) is 5.92 Å². The Labute approximate surface area is 92.4 Å². The van der Waals surface area contributed by atoms with E-state index in [1.165, 1.54) is 0 Å². The van der Waals surface area contributed by atoms with Gasteiger partial charge in [-0.15, -0.1) is 0 Å². The molecule has 14 heavy (non-hydrogen) atoms. The van der Waals surface area contributed by atoms with E-state index in [1.807, 2.05) is 0 Å². The van der Waals surface area contributed by atoms with Gasteiger partial charge in [0.25, 0.3) is 0 Å². The molecule has 0 aromatic rings. The van der Waals surface area contributed by atoms with E-state index < -0.39 is 19.9 Å². The second-order valence-electron chi connectivity index (χ2n) is 3.34. The number of rotatable bonds is 4. The maximum Gasteiger partial charge on any atom is 0.221 e. The second kappa shape index (κ2) is 4.46. The number of sulfone groups is 1. The summed E-state index contributed by atoms with van der Waals surface area (Å²) < 4.78 is 46.3. The normalized spacial score (nSPS) is 26.5. The van der Waals surface area contributed by atoms with Crippen molar-refractivity contribution in [1.29, 1.82) is 0 Å². The van der Waals surface area contributed by atoms with Crippen molar-refractivity contribution in [3.05, 3.63) is 0 Å². The Hall–Kier alpha value is 0.340. The van der Waals surface area contributed by atoms with Crippen molar-refractivity contribution in [2.45, 2.75) is 6.42 Å². The largest absolute Gasteiger partial charge is 0.229 e. The van der Waals surface area contributed by atoms with Gasteiger partial charge in [-0.2, -0.15) is 0 Å². The van der Waals surface area contributed by atoms with Gasteiger partial charge in [0, 0.05) is 6.54 Å². The fraction of sp³-hybridized carbons (Fsp3) is 1.00. The first-order valence-electron chi connectivity index (χ1n) is 4.08. The van der Waals surface area contributed by atoms with Gasteiger partial charge in [-0.1, -0.05) is 15.9 Å². The van der Waals surface area contributed by atoms with E-state index >= 15 is 0 Å². The van der Waals surface area contributed by atoms with Crippen LogP contribution in [-0.4, -0.2) is 39.5 Å². The minimum Gasteiger partial charge on any atom is -0.229 e. The summed E-state index contributed by atoms with van der Waals surface area (Å²) in [5.41, 5.74) is 0. The Kier molecular flexibility index (Phi) is 3.95. The predicted molar refractivity (Wildman–Crippen MR) is 57.5 cm³/mol. The smallest absolute Gasteiger partial charge is 0.221 e. The number of halogens is 1. The zero-order valence-corrected chi connectivity index (χ0v) is 10.7. The molecule has 84 valence electrons. The molecular formula is C6H12BrNO4S2. The highest BCUT2D eigenvalue weighted by atomic mass is 79.9. The Bertz CT molecular complexity index is 388. The summed E-state index contributed by atoms with van der Waals surface area (Å²) in [5, 5.41) is 0. The number of nitrogens with one attached hydrogen (secondary N) is 1. The van der Waals surface area contributed by atoms with Crippen LogP contribution in [0.5, 0.6) is 0 Å². The van der Waals surface area contributed by atoms with E-state index in [-0.39, 0.29) is 28.6 Å². The molecule has 5 nitrogen and oxygen atoms in total. The lowest BCUT2D eigenvalue weighted by atomic mass is 10.1. The van der Waals surface area contributed by atoms with Crippen LogP contribution in [0.25, 0.3) is 0 Å². The van der Waals surface area contributed by atoms with Gasteiger partial charge in [-0.25, -0.2) is 21.6 Å². The van der Waals surface area contributed by atoms with E-state index in [0.29, 0.717) is 6.42 Å². The molecule has 0 bridgehead atoms. The van der Waals surface area contributed by atoms with E-state index in [4.69, 9.17) is 0 Å². The zero-order valence-electron chi connectivity index (χ0n) is 7.44. The molecule has 1 rings (SSSR count). The fourth-order valence-corrected chi connectivity index (χ4v) is 4.23. The second-order valence-corrected chi connectivity index (χ2v) is 8.68. The summed E-state index contributed by atoms with van der Waals surface area (Å²) in [5.74, 6) is 0.194. The highest BCUT2D eigenvalue weighted by Crippen LogP contribution is 2.17. The predicted octanol–water partition coefficient (Wildman–Crippen LogP) is -0.307. The van der Waals surface area contributed by atoms with Crippen LogP contribution < -0.4 is 4.72 Å². The number of hydrogen-bond acceptors (Lipinski definition) is 4. The minimum atomic E-state index is -3.27. The van der Waals surface area contributed by atoms with Crippen LogP contribution in [-0.2, 0) is 19.9 Å². The molecule has 8 heteroatoms. The Balaban J connectivity index is 2.42. The Morgan fingerprint density at radius 2 is 2.07 bits per heavy atom. The first-order chi connectivity index (χ1) is 6.35.